The molecule has 0 aliphatic carbocycles. The summed E-state index contributed by atoms with van der Waals surface area (Å²) in [5.74, 6) is 1.75. The number of ether oxygens (including phenoxy) is 1. The van der Waals surface area contributed by atoms with Gasteiger partial charge in [-0.2, -0.15) is 4.98 Å². The van der Waals surface area contributed by atoms with Gasteiger partial charge in [0.15, 0.2) is 0 Å². The molecule has 1 aliphatic heterocycles. The van der Waals surface area contributed by atoms with Crippen LogP contribution in [0.3, 0.4) is 0 Å². The summed E-state index contributed by atoms with van der Waals surface area (Å²) in [7, 11) is 0. The lowest BCUT2D eigenvalue weighted by molar-refractivity contribution is 0.202. The third-order valence-corrected chi connectivity index (χ3v) is 5.92. The fourth-order valence-corrected chi connectivity index (χ4v) is 3.83. The summed E-state index contributed by atoms with van der Waals surface area (Å²) in [4.78, 5) is 11.2. The maximum atomic E-state index is 10.5. The SMILES string of the molecule is CCN1CCC(Oc2ccc(Nc3ncc(Br)c(Nc4ccccc4C)n3)c(O)c2)C1. The highest BCUT2D eigenvalue weighted by Gasteiger charge is 2.22. The van der Waals surface area contributed by atoms with Crippen molar-refractivity contribution in [2.24, 2.45) is 0 Å². The molecule has 1 saturated heterocycles. The number of hydrogen-bond donors (Lipinski definition) is 3. The molecule has 3 N–H and O–H groups in total. The molecule has 2 heterocycles. The summed E-state index contributed by atoms with van der Waals surface area (Å²) in [5, 5.41) is 16.9. The number of nitrogens with one attached hydrogen (secondary N) is 2. The third kappa shape index (κ3) is 5.26. The maximum Gasteiger partial charge on any atom is 0.229 e. The Bertz CT molecular complexity index is 1060. The monoisotopic (exact) mass is 483 g/mol. The Balaban J connectivity index is 1.46. The van der Waals surface area contributed by atoms with E-state index in [2.05, 4.69) is 48.4 Å². The predicted molar refractivity (Wildman–Crippen MR) is 127 cm³/mol. The van der Waals surface area contributed by atoms with Crippen LogP contribution < -0.4 is 15.4 Å². The van der Waals surface area contributed by atoms with E-state index in [0.717, 1.165) is 41.8 Å². The lowest BCUT2D eigenvalue weighted by Crippen LogP contribution is -2.24. The molecule has 2 aromatic carbocycles. The molecule has 4 rings (SSSR count). The second kappa shape index (κ2) is 9.53. The van der Waals surface area contributed by atoms with E-state index in [1.807, 2.05) is 37.3 Å². The number of nitrogens with zero attached hydrogens (tertiary/aromatic N) is 3. The zero-order chi connectivity index (χ0) is 21.8. The van der Waals surface area contributed by atoms with Crippen LogP contribution in [0.1, 0.15) is 18.9 Å². The van der Waals surface area contributed by atoms with Gasteiger partial charge in [0.2, 0.25) is 5.95 Å². The first-order valence-corrected chi connectivity index (χ1v) is 11.2. The Morgan fingerprint density at radius 1 is 1.19 bits per heavy atom. The molecule has 1 fully saturated rings. The summed E-state index contributed by atoms with van der Waals surface area (Å²) >= 11 is 3.49. The van der Waals surface area contributed by atoms with Gasteiger partial charge >= 0.3 is 0 Å². The minimum absolute atomic E-state index is 0.0859. The zero-order valence-corrected chi connectivity index (χ0v) is 19.2. The number of aromatic nitrogens is 2. The maximum absolute atomic E-state index is 10.5. The summed E-state index contributed by atoms with van der Waals surface area (Å²) in [5.41, 5.74) is 2.59. The number of phenolic OH excluding ortho intramolecular Hbond substituents is 1. The number of hydrogen-bond acceptors (Lipinski definition) is 7. The Morgan fingerprint density at radius 2 is 2.03 bits per heavy atom. The van der Waals surface area contributed by atoms with Crippen LogP contribution in [0.4, 0.5) is 23.1 Å². The van der Waals surface area contributed by atoms with Crippen LogP contribution in [0.5, 0.6) is 11.5 Å². The molecule has 0 amide bonds. The van der Waals surface area contributed by atoms with Crippen molar-refractivity contribution in [1.82, 2.24) is 14.9 Å². The Morgan fingerprint density at radius 3 is 2.77 bits per heavy atom. The Kier molecular flexibility index (Phi) is 6.58. The van der Waals surface area contributed by atoms with Crippen molar-refractivity contribution < 1.29 is 9.84 Å². The largest absolute Gasteiger partial charge is 0.506 e. The van der Waals surface area contributed by atoms with Gasteiger partial charge in [0.1, 0.15) is 23.4 Å². The van der Waals surface area contributed by atoms with Gasteiger partial charge in [-0.15, -0.1) is 0 Å². The zero-order valence-electron chi connectivity index (χ0n) is 17.6. The molecular formula is C23H26BrN5O2. The molecule has 162 valence electrons. The first-order chi connectivity index (χ1) is 15.0. The molecule has 1 aromatic heterocycles. The smallest absolute Gasteiger partial charge is 0.229 e. The van der Waals surface area contributed by atoms with Gasteiger partial charge in [-0.25, -0.2) is 4.98 Å². The summed E-state index contributed by atoms with van der Waals surface area (Å²) in [6.45, 7) is 7.18. The van der Waals surface area contributed by atoms with Crippen molar-refractivity contribution in [3.05, 3.63) is 58.7 Å². The number of aromatic hydroxyl groups is 1. The highest BCUT2D eigenvalue weighted by atomic mass is 79.9. The number of anilines is 4. The van der Waals surface area contributed by atoms with Gasteiger partial charge in [-0.05, 0) is 59.6 Å². The molecule has 0 bridgehead atoms. The molecule has 1 aliphatic rings. The molecule has 8 heteroatoms. The van der Waals surface area contributed by atoms with E-state index < -0.39 is 0 Å². The molecule has 0 radical (unpaired) electrons. The average Bonchev–Trinajstić information content (AvgIpc) is 3.21. The topological polar surface area (TPSA) is 82.5 Å². The van der Waals surface area contributed by atoms with Crippen molar-refractivity contribution in [1.29, 1.82) is 0 Å². The highest BCUT2D eigenvalue weighted by Crippen LogP contribution is 2.32. The number of likely N-dealkylation sites (N-methyl/N-ethyl adjacent to an activating group) is 1. The molecule has 1 unspecified atom stereocenters. The first-order valence-electron chi connectivity index (χ1n) is 10.4. The number of phenols is 1. The Labute approximate surface area is 190 Å². The quantitative estimate of drug-likeness (QED) is 0.397. The highest BCUT2D eigenvalue weighted by molar-refractivity contribution is 9.10. The number of para-hydroxylation sites is 1. The fourth-order valence-electron chi connectivity index (χ4n) is 3.54. The summed E-state index contributed by atoms with van der Waals surface area (Å²) in [6.07, 6.45) is 2.82. The molecular weight excluding hydrogens is 458 g/mol. The number of likely N-dealkylation sites (tertiary alicyclic amines) is 1. The Hall–Kier alpha value is -2.84. The lowest BCUT2D eigenvalue weighted by Gasteiger charge is -2.16. The molecule has 0 saturated carbocycles. The van der Waals surface area contributed by atoms with E-state index in [4.69, 9.17) is 4.74 Å². The second-order valence-electron chi connectivity index (χ2n) is 7.56. The molecule has 1 atom stereocenters. The third-order valence-electron chi connectivity index (χ3n) is 5.34. The van der Waals surface area contributed by atoms with Crippen LogP contribution in [-0.2, 0) is 0 Å². The fraction of sp³-hybridized carbons (Fsp3) is 0.304. The van der Waals surface area contributed by atoms with Crippen LogP contribution in [0.2, 0.25) is 0 Å². The minimum Gasteiger partial charge on any atom is -0.506 e. The normalized spacial score (nSPS) is 16.3. The van der Waals surface area contributed by atoms with E-state index in [9.17, 15) is 5.11 Å². The van der Waals surface area contributed by atoms with E-state index in [1.165, 1.54) is 0 Å². The van der Waals surface area contributed by atoms with E-state index in [1.54, 1.807) is 18.3 Å². The number of rotatable bonds is 7. The van der Waals surface area contributed by atoms with Crippen LogP contribution in [0.25, 0.3) is 0 Å². The van der Waals surface area contributed by atoms with Crippen LogP contribution >= 0.6 is 15.9 Å². The lowest BCUT2D eigenvalue weighted by atomic mass is 10.2. The van der Waals surface area contributed by atoms with E-state index in [0.29, 0.717) is 23.2 Å². The number of halogens is 1. The van der Waals surface area contributed by atoms with Crippen molar-refractivity contribution in [3.8, 4) is 11.5 Å². The van der Waals surface area contributed by atoms with Crippen molar-refractivity contribution in [3.63, 3.8) is 0 Å². The average molecular weight is 484 g/mol. The van der Waals surface area contributed by atoms with Crippen LogP contribution in [0, 0.1) is 6.92 Å². The summed E-state index contributed by atoms with van der Waals surface area (Å²) < 4.78 is 6.77. The number of benzene rings is 2. The minimum atomic E-state index is 0.0859. The van der Waals surface area contributed by atoms with Gasteiger partial charge in [-0.1, -0.05) is 25.1 Å². The van der Waals surface area contributed by atoms with Gasteiger partial charge in [-0.3, -0.25) is 4.90 Å². The van der Waals surface area contributed by atoms with Crippen molar-refractivity contribution in [2.75, 3.05) is 30.3 Å². The molecule has 3 aromatic rings. The van der Waals surface area contributed by atoms with Gasteiger partial charge in [0.05, 0.1) is 10.2 Å². The van der Waals surface area contributed by atoms with E-state index >= 15 is 0 Å². The molecule has 31 heavy (non-hydrogen) atoms. The van der Waals surface area contributed by atoms with Crippen molar-refractivity contribution in [2.45, 2.75) is 26.4 Å². The number of aryl methyl sites for hydroxylation is 1. The van der Waals surface area contributed by atoms with Gasteiger partial charge in [0.25, 0.3) is 0 Å². The summed E-state index contributed by atoms with van der Waals surface area (Å²) in [6, 6.07) is 13.2. The van der Waals surface area contributed by atoms with E-state index in [-0.39, 0.29) is 11.9 Å². The van der Waals surface area contributed by atoms with Gasteiger partial charge < -0.3 is 20.5 Å². The standard InChI is InChI=1S/C23H26BrN5O2/c1-3-29-11-10-17(14-29)31-16-8-9-20(21(30)12-16)27-23-25-13-18(24)22(28-23)26-19-7-5-4-6-15(19)2/h4-9,12-13,17,30H,3,10-11,14H2,1-2H3,(H2,25,26,27,28). The molecule has 0 spiro atoms. The van der Waals surface area contributed by atoms with Crippen LogP contribution in [-0.4, -0.2) is 45.7 Å². The molecule has 7 nitrogen and oxygen atoms in total. The van der Waals surface area contributed by atoms with Crippen molar-refractivity contribution >= 4 is 39.1 Å². The predicted octanol–water partition coefficient (Wildman–Crippen LogP) is 5.21. The van der Waals surface area contributed by atoms with Crippen LogP contribution in [0.15, 0.2) is 53.1 Å². The first kappa shape index (κ1) is 21.4. The second-order valence-corrected chi connectivity index (χ2v) is 8.41. The van der Waals surface area contributed by atoms with Gasteiger partial charge in [0, 0.05) is 31.0 Å².